The Morgan fingerprint density at radius 2 is 1.94 bits per heavy atom. The van der Waals surface area contributed by atoms with E-state index in [9.17, 15) is 9.18 Å². The molecule has 1 saturated heterocycles. The van der Waals surface area contributed by atoms with Gasteiger partial charge >= 0.3 is 0 Å². The summed E-state index contributed by atoms with van der Waals surface area (Å²) in [6, 6.07) is 15.3. The van der Waals surface area contributed by atoms with E-state index in [-0.39, 0.29) is 27.7 Å². The number of para-hydroxylation sites is 1. The van der Waals surface area contributed by atoms with Crippen LogP contribution in [0.15, 0.2) is 65.6 Å². The largest absolute Gasteiger partial charge is 0.408 e. The zero-order valence-corrected chi connectivity index (χ0v) is 19.0. The van der Waals surface area contributed by atoms with Crippen molar-refractivity contribution >= 4 is 34.3 Å². The minimum absolute atomic E-state index is 0.0194. The van der Waals surface area contributed by atoms with Crippen LogP contribution in [0.2, 0.25) is 5.02 Å². The van der Waals surface area contributed by atoms with E-state index in [1.165, 1.54) is 12.1 Å². The fourth-order valence-electron chi connectivity index (χ4n) is 3.93. The summed E-state index contributed by atoms with van der Waals surface area (Å²) in [6.07, 6.45) is 3.24. The van der Waals surface area contributed by atoms with Gasteiger partial charge in [-0.1, -0.05) is 35.9 Å². The lowest BCUT2D eigenvalue weighted by Crippen LogP contribution is -2.33. The molecule has 0 amide bonds. The van der Waals surface area contributed by atoms with Gasteiger partial charge in [0.05, 0.1) is 10.6 Å². The molecule has 34 heavy (non-hydrogen) atoms. The number of anilines is 2. The third-order valence-corrected chi connectivity index (χ3v) is 6.06. The summed E-state index contributed by atoms with van der Waals surface area (Å²) in [5, 5.41) is 3.77. The van der Waals surface area contributed by atoms with Crippen molar-refractivity contribution in [1.82, 2.24) is 14.7 Å². The van der Waals surface area contributed by atoms with Gasteiger partial charge < -0.3 is 14.9 Å². The van der Waals surface area contributed by atoms with Crippen molar-refractivity contribution in [3.05, 3.63) is 82.0 Å². The number of ether oxygens (including phenoxy) is 1. The van der Waals surface area contributed by atoms with Crippen LogP contribution < -0.4 is 15.7 Å². The zero-order valence-electron chi connectivity index (χ0n) is 18.2. The van der Waals surface area contributed by atoms with Crippen LogP contribution in [0.4, 0.5) is 16.0 Å². The number of rotatable bonds is 6. The molecular formula is C25H22ClFN4O3. The van der Waals surface area contributed by atoms with E-state index in [1.54, 1.807) is 18.3 Å². The lowest BCUT2D eigenvalue weighted by atomic mass is 10.0. The Morgan fingerprint density at radius 1 is 1.15 bits per heavy atom. The normalized spacial score (nSPS) is 14.3. The van der Waals surface area contributed by atoms with Gasteiger partial charge in [0.1, 0.15) is 12.4 Å². The van der Waals surface area contributed by atoms with Crippen LogP contribution in [0, 0.1) is 11.7 Å². The van der Waals surface area contributed by atoms with Crippen molar-refractivity contribution in [3.63, 3.8) is 0 Å². The highest BCUT2D eigenvalue weighted by molar-refractivity contribution is 6.33. The van der Waals surface area contributed by atoms with E-state index in [0.717, 1.165) is 23.3 Å². The van der Waals surface area contributed by atoms with Crippen LogP contribution in [-0.4, -0.2) is 34.5 Å². The molecule has 0 aliphatic carbocycles. The smallest absolute Gasteiger partial charge is 0.293 e. The fraction of sp³-hybridized carbons (Fsp3) is 0.240. The minimum Gasteiger partial charge on any atom is -0.408 e. The van der Waals surface area contributed by atoms with Crippen LogP contribution in [0.25, 0.3) is 22.2 Å². The Morgan fingerprint density at radius 3 is 2.71 bits per heavy atom. The van der Waals surface area contributed by atoms with Crippen LogP contribution >= 0.6 is 11.6 Å². The van der Waals surface area contributed by atoms with Gasteiger partial charge in [0.15, 0.2) is 5.65 Å². The van der Waals surface area contributed by atoms with Crippen LogP contribution in [0.5, 0.6) is 0 Å². The summed E-state index contributed by atoms with van der Waals surface area (Å²) in [4.78, 5) is 28.4. The second-order valence-electron chi connectivity index (χ2n) is 8.07. The minimum atomic E-state index is -0.594. The third kappa shape index (κ3) is 4.60. The first-order valence-electron chi connectivity index (χ1n) is 11.0. The summed E-state index contributed by atoms with van der Waals surface area (Å²) in [7, 11) is 0. The predicted octanol–water partition coefficient (Wildman–Crippen LogP) is 4.85. The van der Waals surface area contributed by atoms with Crippen LogP contribution in [-0.2, 0) is 4.74 Å². The predicted molar refractivity (Wildman–Crippen MR) is 129 cm³/mol. The highest BCUT2D eigenvalue weighted by atomic mass is 35.5. The molecule has 1 aliphatic heterocycles. The topological polar surface area (TPSA) is 78.3 Å². The molecule has 0 radical (unpaired) electrons. The van der Waals surface area contributed by atoms with Gasteiger partial charge in [0, 0.05) is 36.0 Å². The number of benzene rings is 2. The molecule has 4 aromatic rings. The molecule has 5 rings (SSSR count). The number of aromatic nitrogens is 3. The molecule has 0 spiro atoms. The molecule has 7 nitrogen and oxygen atoms in total. The number of hydrogen-bond donors (Lipinski definition) is 1. The maximum Gasteiger partial charge on any atom is 0.293 e. The lowest BCUT2D eigenvalue weighted by molar-refractivity contribution is 0.0153. The average Bonchev–Trinajstić information content (AvgIpc) is 2.85. The summed E-state index contributed by atoms with van der Waals surface area (Å²) in [5.41, 5.74) is 0.632. The highest BCUT2D eigenvalue weighted by Gasteiger charge is 2.21. The van der Waals surface area contributed by atoms with Crippen molar-refractivity contribution < 1.29 is 14.0 Å². The number of nitrogens with zero attached hydrogens (tertiary/aromatic N) is 3. The van der Waals surface area contributed by atoms with Gasteiger partial charge in [-0.3, -0.25) is 4.79 Å². The van der Waals surface area contributed by atoms with E-state index in [1.807, 2.05) is 30.3 Å². The molecule has 9 heteroatoms. The maximum atomic E-state index is 14.7. The molecule has 1 aliphatic rings. The monoisotopic (exact) mass is 480 g/mol. The Bertz CT molecular complexity index is 1350. The maximum absolute atomic E-state index is 14.7. The molecule has 0 unspecified atom stereocenters. The van der Waals surface area contributed by atoms with E-state index in [4.69, 9.17) is 21.2 Å². The Labute approximate surface area is 200 Å². The van der Waals surface area contributed by atoms with Crippen molar-refractivity contribution in [3.8, 4) is 11.1 Å². The molecule has 3 heterocycles. The number of fused-ring (bicyclic) bond motifs is 1. The average molecular weight is 481 g/mol. The molecule has 2 aromatic carbocycles. The zero-order chi connectivity index (χ0) is 23.5. The Hall–Kier alpha value is -3.49. The molecule has 0 atom stereocenters. The highest BCUT2D eigenvalue weighted by Crippen LogP contribution is 2.30. The first-order valence-corrected chi connectivity index (χ1v) is 11.4. The number of halogens is 2. The number of nitrogens with one attached hydrogen (secondary N) is 1. The van der Waals surface area contributed by atoms with Gasteiger partial charge in [-0.05, 0) is 49.1 Å². The Kier molecular flexibility index (Phi) is 6.42. The first-order chi connectivity index (χ1) is 16.6. The van der Waals surface area contributed by atoms with Crippen LogP contribution in [0.3, 0.4) is 0 Å². The molecule has 0 bridgehead atoms. The van der Waals surface area contributed by atoms with Gasteiger partial charge in [-0.25, -0.2) is 9.37 Å². The van der Waals surface area contributed by atoms with E-state index in [2.05, 4.69) is 15.3 Å². The molecule has 0 saturated carbocycles. The van der Waals surface area contributed by atoms with Gasteiger partial charge in [0.2, 0.25) is 5.95 Å². The van der Waals surface area contributed by atoms with Gasteiger partial charge in [0.25, 0.3) is 5.56 Å². The number of hydrogen-bond acceptors (Lipinski definition) is 6. The Balaban J connectivity index is 1.61. The quantitative estimate of drug-likeness (QED) is 0.425. The number of pyridine rings is 1. The van der Waals surface area contributed by atoms with E-state index >= 15 is 0 Å². The summed E-state index contributed by atoms with van der Waals surface area (Å²) < 4.78 is 21.2. The second-order valence-corrected chi connectivity index (χ2v) is 8.48. The van der Waals surface area contributed by atoms with E-state index in [0.29, 0.717) is 31.2 Å². The van der Waals surface area contributed by atoms with E-state index < -0.39 is 11.4 Å². The second kappa shape index (κ2) is 9.79. The van der Waals surface area contributed by atoms with Gasteiger partial charge in [-0.2, -0.15) is 4.98 Å². The molecule has 1 N–H and O–H groups in total. The third-order valence-electron chi connectivity index (χ3n) is 5.75. The first kappa shape index (κ1) is 22.3. The fourth-order valence-corrected chi connectivity index (χ4v) is 4.19. The molecule has 174 valence electrons. The SMILES string of the molecule is O=c1c(-c2c(F)cccc2Cl)cc2cnc(Nc3ccccc3)nc2n1OCC1CCOCC1. The standard InChI is InChI=1S/C25H22ClFN4O3/c26-20-7-4-8-21(27)22(20)19-13-17-14-28-25(29-18-5-2-1-3-6-18)30-23(17)31(24(19)32)34-15-16-9-11-33-12-10-16/h1-8,13-14,16H,9-12,15H2,(H,28,29,30). The molecular weight excluding hydrogens is 459 g/mol. The summed E-state index contributed by atoms with van der Waals surface area (Å²) in [5.74, 6) is -0.0541. The van der Waals surface area contributed by atoms with Gasteiger partial charge in [-0.15, -0.1) is 4.73 Å². The summed E-state index contributed by atoms with van der Waals surface area (Å²) in [6.45, 7) is 1.61. The lowest BCUT2D eigenvalue weighted by Gasteiger charge is -2.22. The van der Waals surface area contributed by atoms with Crippen molar-refractivity contribution in [2.45, 2.75) is 12.8 Å². The van der Waals surface area contributed by atoms with Crippen LogP contribution in [0.1, 0.15) is 12.8 Å². The molecule has 1 fully saturated rings. The van der Waals surface area contributed by atoms with Crippen molar-refractivity contribution in [2.75, 3.05) is 25.1 Å². The molecule has 2 aromatic heterocycles. The summed E-state index contributed by atoms with van der Waals surface area (Å²) >= 11 is 6.27. The van der Waals surface area contributed by atoms with Crippen molar-refractivity contribution in [1.29, 1.82) is 0 Å². The van der Waals surface area contributed by atoms with Crippen molar-refractivity contribution in [2.24, 2.45) is 5.92 Å².